The van der Waals surface area contributed by atoms with Gasteiger partial charge in [-0.15, -0.1) is 0 Å². The van der Waals surface area contributed by atoms with Crippen molar-refractivity contribution in [2.45, 2.75) is 44.8 Å². The minimum absolute atomic E-state index is 0.0417. The van der Waals surface area contributed by atoms with E-state index in [-0.39, 0.29) is 11.3 Å². The van der Waals surface area contributed by atoms with Gasteiger partial charge in [-0.3, -0.25) is 19.0 Å². The summed E-state index contributed by atoms with van der Waals surface area (Å²) in [5.41, 5.74) is 0.918. The van der Waals surface area contributed by atoms with E-state index in [0.29, 0.717) is 24.3 Å². The fourth-order valence-electron chi connectivity index (χ4n) is 4.01. The van der Waals surface area contributed by atoms with Gasteiger partial charge in [0.05, 0.1) is 5.69 Å². The fraction of sp³-hybridized carbons (Fsp3) is 0.556. The molecule has 6 nitrogen and oxygen atoms in total. The lowest BCUT2D eigenvalue weighted by molar-refractivity contribution is -0.00673. The third kappa shape index (κ3) is 2.80. The molecule has 2 aromatic rings. The molecule has 4 heterocycles. The van der Waals surface area contributed by atoms with Gasteiger partial charge in [0, 0.05) is 44.0 Å². The number of aromatic nitrogens is 2. The van der Waals surface area contributed by atoms with Crippen LogP contribution in [-0.2, 0) is 6.54 Å². The summed E-state index contributed by atoms with van der Waals surface area (Å²) in [5.74, 6) is 0.0417. The van der Waals surface area contributed by atoms with E-state index in [4.69, 9.17) is 0 Å². The molecule has 0 unspecified atom stereocenters. The lowest BCUT2D eigenvalue weighted by atomic mass is 9.97. The molecule has 1 N–H and O–H groups in total. The Morgan fingerprint density at radius 2 is 2.17 bits per heavy atom. The average Bonchev–Trinajstić information content (AvgIpc) is 2.53. The third-order valence-electron chi connectivity index (χ3n) is 5.37. The maximum atomic E-state index is 12.2. The molecule has 2 fully saturated rings. The highest BCUT2D eigenvalue weighted by molar-refractivity contribution is 5.52. The Bertz CT molecular complexity index is 797. The maximum absolute atomic E-state index is 12.2. The highest BCUT2D eigenvalue weighted by Crippen LogP contribution is 2.25. The number of pyridine rings is 1. The quantitative estimate of drug-likeness (QED) is 0.924. The lowest BCUT2D eigenvalue weighted by Gasteiger charge is -2.49. The van der Waals surface area contributed by atoms with Crippen LogP contribution in [-0.4, -0.2) is 56.0 Å². The number of piperidine rings is 1. The van der Waals surface area contributed by atoms with Crippen molar-refractivity contribution in [3.8, 4) is 5.75 Å². The van der Waals surface area contributed by atoms with Crippen molar-refractivity contribution in [2.24, 2.45) is 0 Å². The Hall–Kier alpha value is -1.92. The molecule has 2 aliphatic rings. The van der Waals surface area contributed by atoms with Crippen LogP contribution in [0.25, 0.3) is 5.65 Å². The molecular formula is C18H24N4O2. The van der Waals surface area contributed by atoms with Gasteiger partial charge in [-0.1, -0.05) is 6.42 Å². The second kappa shape index (κ2) is 6.18. The first-order valence-electron chi connectivity index (χ1n) is 8.80. The molecule has 2 saturated heterocycles. The van der Waals surface area contributed by atoms with Crippen LogP contribution < -0.4 is 5.56 Å². The summed E-state index contributed by atoms with van der Waals surface area (Å²) >= 11 is 0. The van der Waals surface area contributed by atoms with E-state index in [0.717, 1.165) is 18.8 Å². The largest absolute Gasteiger partial charge is 0.504 e. The molecule has 0 amide bonds. The van der Waals surface area contributed by atoms with Gasteiger partial charge in [0.15, 0.2) is 11.4 Å². The predicted octanol–water partition coefficient (Wildman–Crippen LogP) is 1.46. The summed E-state index contributed by atoms with van der Waals surface area (Å²) in [6.07, 6.45) is 5.59. The Morgan fingerprint density at radius 3 is 2.96 bits per heavy atom. The van der Waals surface area contributed by atoms with Crippen molar-refractivity contribution < 1.29 is 5.11 Å². The van der Waals surface area contributed by atoms with Gasteiger partial charge in [-0.25, -0.2) is 4.98 Å². The summed E-state index contributed by atoms with van der Waals surface area (Å²) in [5, 5.41) is 9.92. The van der Waals surface area contributed by atoms with E-state index in [1.54, 1.807) is 24.4 Å². The standard InChI is InChI=1S/C18H24N4O2/c1-13-5-2-3-7-21(13)15-11-20(12-15)10-14-9-17(24)22-8-4-6-16(23)18(22)19-14/h4,6,8-9,13,15,23H,2-3,5,7,10-12H2,1H3/t13-/m1/s1. The minimum Gasteiger partial charge on any atom is -0.504 e. The number of hydrogen-bond donors (Lipinski definition) is 1. The topological polar surface area (TPSA) is 61.1 Å². The van der Waals surface area contributed by atoms with Crippen LogP contribution in [0.2, 0.25) is 0 Å². The first kappa shape index (κ1) is 15.6. The molecule has 4 rings (SSSR count). The van der Waals surface area contributed by atoms with Gasteiger partial charge in [0.1, 0.15) is 0 Å². The van der Waals surface area contributed by atoms with E-state index in [9.17, 15) is 9.90 Å². The van der Waals surface area contributed by atoms with Crippen LogP contribution in [0.5, 0.6) is 5.75 Å². The minimum atomic E-state index is -0.146. The van der Waals surface area contributed by atoms with Crippen molar-refractivity contribution in [1.82, 2.24) is 19.2 Å². The summed E-state index contributed by atoms with van der Waals surface area (Å²) in [4.78, 5) is 21.6. The molecule has 1 atom stereocenters. The van der Waals surface area contributed by atoms with Gasteiger partial charge in [0.2, 0.25) is 0 Å². The Kier molecular flexibility index (Phi) is 4.02. The Balaban J connectivity index is 1.45. The first-order valence-corrected chi connectivity index (χ1v) is 8.80. The average molecular weight is 328 g/mol. The summed E-state index contributed by atoms with van der Waals surface area (Å²) in [6.45, 7) is 6.27. The van der Waals surface area contributed by atoms with E-state index in [1.165, 1.54) is 30.2 Å². The van der Waals surface area contributed by atoms with Crippen molar-refractivity contribution in [3.63, 3.8) is 0 Å². The van der Waals surface area contributed by atoms with E-state index >= 15 is 0 Å². The van der Waals surface area contributed by atoms with Gasteiger partial charge in [0.25, 0.3) is 5.56 Å². The second-order valence-corrected chi connectivity index (χ2v) is 7.10. The molecule has 2 aliphatic heterocycles. The first-order chi connectivity index (χ1) is 11.6. The number of fused-ring (bicyclic) bond motifs is 1. The van der Waals surface area contributed by atoms with Crippen LogP contribution in [0.1, 0.15) is 31.9 Å². The summed E-state index contributed by atoms with van der Waals surface area (Å²) in [7, 11) is 0. The van der Waals surface area contributed by atoms with E-state index < -0.39 is 0 Å². The fourth-order valence-corrected chi connectivity index (χ4v) is 4.01. The zero-order chi connectivity index (χ0) is 16.7. The Morgan fingerprint density at radius 1 is 1.33 bits per heavy atom. The van der Waals surface area contributed by atoms with Gasteiger partial charge in [-0.2, -0.15) is 0 Å². The Labute approximate surface area is 141 Å². The van der Waals surface area contributed by atoms with Crippen molar-refractivity contribution in [2.75, 3.05) is 19.6 Å². The van der Waals surface area contributed by atoms with Crippen molar-refractivity contribution in [1.29, 1.82) is 0 Å². The molecule has 0 saturated carbocycles. The molecule has 0 aliphatic carbocycles. The maximum Gasteiger partial charge on any atom is 0.258 e. The van der Waals surface area contributed by atoms with Gasteiger partial charge < -0.3 is 5.11 Å². The smallest absolute Gasteiger partial charge is 0.258 e. The summed E-state index contributed by atoms with van der Waals surface area (Å²) < 4.78 is 1.38. The highest BCUT2D eigenvalue weighted by atomic mass is 16.3. The van der Waals surface area contributed by atoms with Crippen molar-refractivity contribution in [3.05, 3.63) is 40.4 Å². The second-order valence-electron chi connectivity index (χ2n) is 7.10. The molecule has 0 spiro atoms. The van der Waals surface area contributed by atoms with Gasteiger partial charge in [-0.05, 0) is 38.4 Å². The van der Waals surface area contributed by atoms with Gasteiger partial charge >= 0.3 is 0 Å². The molecule has 0 bridgehead atoms. The number of rotatable bonds is 3. The zero-order valence-electron chi connectivity index (χ0n) is 14.1. The molecule has 2 aromatic heterocycles. The monoisotopic (exact) mass is 328 g/mol. The number of likely N-dealkylation sites (tertiary alicyclic amines) is 2. The summed E-state index contributed by atoms with van der Waals surface area (Å²) in [6, 6.07) is 6.10. The molecule has 0 aromatic carbocycles. The lowest BCUT2D eigenvalue weighted by Crippen LogP contribution is -2.61. The number of hydrogen-bond acceptors (Lipinski definition) is 5. The zero-order valence-corrected chi connectivity index (χ0v) is 14.1. The molecule has 24 heavy (non-hydrogen) atoms. The number of nitrogens with zero attached hydrogens (tertiary/aromatic N) is 4. The highest BCUT2D eigenvalue weighted by Gasteiger charge is 2.35. The van der Waals surface area contributed by atoms with E-state index in [2.05, 4.69) is 21.7 Å². The third-order valence-corrected chi connectivity index (χ3v) is 5.37. The molecule has 6 heteroatoms. The molecule has 128 valence electrons. The van der Waals surface area contributed by atoms with Crippen LogP contribution in [0, 0.1) is 0 Å². The van der Waals surface area contributed by atoms with Crippen LogP contribution >= 0.6 is 0 Å². The molecule has 0 radical (unpaired) electrons. The van der Waals surface area contributed by atoms with Crippen LogP contribution in [0.4, 0.5) is 0 Å². The van der Waals surface area contributed by atoms with Crippen molar-refractivity contribution >= 4 is 5.65 Å². The van der Waals surface area contributed by atoms with Crippen LogP contribution in [0.15, 0.2) is 29.2 Å². The number of aromatic hydroxyl groups is 1. The molecular weight excluding hydrogens is 304 g/mol. The SMILES string of the molecule is C[C@@H]1CCCCN1C1CN(Cc2cc(=O)n3cccc(O)c3n2)C1. The predicted molar refractivity (Wildman–Crippen MR) is 92.2 cm³/mol. The van der Waals surface area contributed by atoms with Crippen LogP contribution in [0.3, 0.4) is 0 Å². The van der Waals surface area contributed by atoms with E-state index in [1.807, 2.05) is 0 Å². The normalized spacial score (nSPS) is 23.5.